The maximum Gasteiger partial charge on any atom is 0.201 e. The first-order valence-electron chi connectivity index (χ1n) is 6.59. The lowest BCUT2D eigenvalue weighted by molar-refractivity contribution is 0.660. The van der Waals surface area contributed by atoms with Gasteiger partial charge in [-0.05, 0) is 35.4 Å². The zero-order valence-electron chi connectivity index (χ0n) is 11.0. The number of benzene rings is 3. The fourth-order valence-electron chi connectivity index (χ4n) is 2.83. The summed E-state index contributed by atoms with van der Waals surface area (Å²) in [4.78, 5) is 12.9. The Labute approximate surface area is 115 Å². The predicted octanol–water partition coefficient (Wildman–Crippen LogP) is 4.41. The summed E-state index contributed by atoms with van der Waals surface area (Å²) in [6.07, 6.45) is 0. The third kappa shape index (κ3) is 1.42. The average molecular weight is 260 g/mol. The third-order valence-corrected chi connectivity index (χ3v) is 3.80. The van der Waals surface area contributed by atoms with Gasteiger partial charge in [0.25, 0.3) is 0 Å². The second kappa shape index (κ2) is 3.94. The lowest BCUT2D eigenvalue weighted by Crippen LogP contribution is -2.04. The van der Waals surface area contributed by atoms with E-state index in [0.717, 1.165) is 16.3 Å². The van der Waals surface area contributed by atoms with Gasteiger partial charge in [-0.1, -0.05) is 42.5 Å². The van der Waals surface area contributed by atoms with Gasteiger partial charge in [-0.3, -0.25) is 4.79 Å². The summed E-state index contributed by atoms with van der Waals surface area (Å²) in [5, 5.41) is 3.35. The second-order valence-electron chi connectivity index (χ2n) is 5.04. The molecule has 0 radical (unpaired) electrons. The molecule has 1 heterocycles. The minimum absolute atomic E-state index is 0.0520. The molecule has 0 saturated heterocycles. The quantitative estimate of drug-likeness (QED) is 0.346. The van der Waals surface area contributed by atoms with Crippen molar-refractivity contribution in [2.45, 2.75) is 6.92 Å². The molecular weight excluding hydrogens is 248 g/mol. The molecule has 0 atom stereocenters. The van der Waals surface area contributed by atoms with Crippen molar-refractivity contribution in [1.29, 1.82) is 0 Å². The van der Waals surface area contributed by atoms with Gasteiger partial charge in [-0.2, -0.15) is 0 Å². The van der Waals surface area contributed by atoms with E-state index in [1.807, 2.05) is 61.5 Å². The summed E-state index contributed by atoms with van der Waals surface area (Å²) >= 11 is 0. The normalized spacial score (nSPS) is 11.4. The van der Waals surface area contributed by atoms with Crippen LogP contribution >= 0.6 is 0 Å². The van der Waals surface area contributed by atoms with Gasteiger partial charge in [0.15, 0.2) is 0 Å². The highest BCUT2D eigenvalue weighted by Gasteiger charge is 2.11. The Hall–Kier alpha value is -2.61. The van der Waals surface area contributed by atoms with Gasteiger partial charge < -0.3 is 4.42 Å². The van der Waals surface area contributed by atoms with Crippen molar-refractivity contribution in [3.8, 4) is 0 Å². The van der Waals surface area contributed by atoms with Gasteiger partial charge in [0, 0.05) is 0 Å². The Morgan fingerprint density at radius 1 is 0.800 bits per heavy atom. The first-order chi connectivity index (χ1) is 9.75. The highest BCUT2D eigenvalue weighted by Crippen LogP contribution is 2.26. The smallest absolute Gasteiger partial charge is 0.201 e. The van der Waals surface area contributed by atoms with Crippen LogP contribution in [0.25, 0.3) is 32.7 Å². The molecule has 0 amide bonds. The topological polar surface area (TPSA) is 30.2 Å². The van der Waals surface area contributed by atoms with E-state index < -0.39 is 0 Å². The van der Waals surface area contributed by atoms with Crippen LogP contribution in [0.5, 0.6) is 0 Å². The van der Waals surface area contributed by atoms with Gasteiger partial charge >= 0.3 is 0 Å². The van der Waals surface area contributed by atoms with Crippen LogP contribution in [0.15, 0.2) is 63.8 Å². The summed E-state index contributed by atoms with van der Waals surface area (Å²) < 4.78 is 5.92. The van der Waals surface area contributed by atoms with Crippen molar-refractivity contribution in [3.63, 3.8) is 0 Å². The highest BCUT2D eigenvalue weighted by atomic mass is 16.3. The monoisotopic (exact) mass is 260 g/mol. The molecular formula is C18H12O2. The lowest BCUT2D eigenvalue weighted by Gasteiger charge is -2.06. The number of hydrogen-bond donors (Lipinski definition) is 0. The molecule has 3 aromatic carbocycles. The molecule has 2 nitrogen and oxygen atoms in total. The second-order valence-corrected chi connectivity index (χ2v) is 5.04. The summed E-state index contributed by atoms with van der Waals surface area (Å²) in [6, 6.07) is 17.5. The largest absolute Gasteiger partial charge is 0.456 e. The molecule has 4 aromatic rings. The van der Waals surface area contributed by atoms with E-state index in [4.69, 9.17) is 4.42 Å². The molecule has 0 bridgehead atoms. The molecule has 2 heteroatoms. The Balaban J connectivity index is 2.38. The minimum atomic E-state index is 0.0520. The van der Waals surface area contributed by atoms with E-state index in [1.165, 1.54) is 0 Å². The van der Waals surface area contributed by atoms with Gasteiger partial charge in [-0.15, -0.1) is 0 Å². The molecule has 96 valence electrons. The molecule has 0 unspecified atom stereocenters. The van der Waals surface area contributed by atoms with E-state index in [-0.39, 0.29) is 5.43 Å². The first-order valence-corrected chi connectivity index (χ1v) is 6.59. The molecule has 0 aliphatic heterocycles. The number of aryl methyl sites for hydroxylation is 1. The number of rotatable bonds is 0. The van der Waals surface area contributed by atoms with Crippen molar-refractivity contribution in [2.24, 2.45) is 0 Å². The minimum Gasteiger partial charge on any atom is -0.456 e. The van der Waals surface area contributed by atoms with Gasteiger partial charge in [0.2, 0.25) is 5.43 Å². The van der Waals surface area contributed by atoms with Crippen LogP contribution < -0.4 is 5.43 Å². The summed E-state index contributed by atoms with van der Waals surface area (Å²) in [7, 11) is 0. The first kappa shape index (κ1) is 11.2. The van der Waals surface area contributed by atoms with Crippen LogP contribution in [0, 0.1) is 6.92 Å². The summed E-state index contributed by atoms with van der Waals surface area (Å²) in [5.74, 6) is 0. The molecule has 0 aliphatic carbocycles. The van der Waals surface area contributed by atoms with Crippen LogP contribution in [0.1, 0.15) is 5.56 Å². The Kier molecular flexibility index (Phi) is 2.21. The van der Waals surface area contributed by atoms with Crippen LogP contribution in [0.2, 0.25) is 0 Å². The predicted molar refractivity (Wildman–Crippen MR) is 82.2 cm³/mol. The maximum atomic E-state index is 12.9. The fraction of sp³-hybridized carbons (Fsp3) is 0.0556. The lowest BCUT2D eigenvalue weighted by atomic mass is 10.0. The van der Waals surface area contributed by atoms with Crippen molar-refractivity contribution in [2.75, 3.05) is 0 Å². The molecule has 1 aromatic heterocycles. The van der Waals surface area contributed by atoms with Crippen LogP contribution in [0.4, 0.5) is 0 Å². The highest BCUT2D eigenvalue weighted by molar-refractivity contribution is 6.08. The van der Waals surface area contributed by atoms with Crippen molar-refractivity contribution in [1.82, 2.24) is 0 Å². The molecule has 0 saturated carbocycles. The summed E-state index contributed by atoms with van der Waals surface area (Å²) in [5.41, 5.74) is 2.30. The van der Waals surface area contributed by atoms with E-state index in [1.54, 1.807) is 0 Å². The van der Waals surface area contributed by atoms with Crippen molar-refractivity contribution >= 4 is 32.7 Å². The Bertz CT molecular complexity index is 1030. The molecule has 0 N–H and O–H groups in total. The SMILES string of the molecule is Cc1cccc2oc3ccc4ccccc4c3c(=O)c12. The van der Waals surface area contributed by atoms with E-state index in [0.29, 0.717) is 21.9 Å². The van der Waals surface area contributed by atoms with Gasteiger partial charge in [0.05, 0.1) is 10.8 Å². The van der Waals surface area contributed by atoms with Crippen LogP contribution in [-0.4, -0.2) is 0 Å². The summed E-state index contributed by atoms with van der Waals surface area (Å²) in [6.45, 7) is 1.94. The Morgan fingerprint density at radius 3 is 2.50 bits per heavy atom. The third-order valence-electron chi connectivity index (χ3n) is 3.80. The number of fused-ring (bicyclic) bond motifs is 4. The molecule has 4 rings (SSSR count). The van der Waals surface area contributed by atoms with Crippen LogP contribution in [0.3, 0.4) is 0 Å². The van der Waals surface area contributed by atoms with Crippen molar-refractivity contribution in [3.05, 3.63) is 70.4 Å². The standard InChI is InChI=1S/C18H12O2/c1-11-5-4-8-14-16(11)18(19)17-13-7-3-2-6-12(13)9-10-15(17)20-14/h2-10H,1H3. The average Bonchev–Trinajstić information content (AvgIpc) is 2.47. The molecule has 0 spiro atoms. The molecule has 0 fully saturated rings. The maximum absolute atomic E-state index is 12.9. The van der Waals surface area contributed by atoms with E-state index in [2.05, 4.69) is 0 Å². The zero-order valence-corrected chi connectivity index (χ0v) is 11.0. The van der Waals surface area contributed by atoms with Gasteiger partial charge in [-0.25, -0.2) is 0 Å². The van der Waals surface area contributed by atoms with Crippen molar-refractivity contribution < 1.29 is 4.42 Å². The van der Waals surface area contributed by atoms with Crippen LogP contribution in [-0.2, 0) is 0 Å². The molecule has 0 aliphatic rings. The van der Waals surface area contributed by atoms with E-state index in [9.17, 15) is 4.79 Å². The van der Waals surface area contributed by atoms with Gasteiger partial charge in [0.1, 0.15) is 11.2 Å². The number of hydrogen-bond acceptors (Lipinski definition) is 2. The fourth-order valence-corrected chi connectivity index (χ4v) is 2.83. The molecule has 20 heavy (non-hydrogen) atoms. The van der Waals surface area contributed by atoms with E-state index >= 15 is 0 Å². The Morgan fingerprint density at radius 2 is 1.60 bits per heavy atom. The zero-order chi connectivity index (χ0) is 13.7.